The summed E-state index contributed by atoms with van der Waals surface area (Å²) in [6, 6.07) is 6.15. The van der Waals surface area contributed by atoms with Crippen molar-refractivity contribution in [3.63, 3.8) is 0 Å². The second-order valence-corrected chi connectivity index (χ2v) is 6.75. The Hall–Kier alpha value is -1.48. The zero-order valence-electron chi connectivity index (χ0n) is 15.0. The molecule has 0 atom stereocenters. The summed E-state index contributed by atoms with van der Waals surface area (Å²) in [5, 5.41) is 0. The summed E-state index contributed by atoms with van der Waals surface area (Å²) in [6.07, 6.45) is 6.33. The van der Waals surface area contributed by atoms with Crippen LogP contribution in [0.4, 0.5) is 0 Å². The molecule has 3 nitrogen and oxygen atoms in total. The van der Waals surface area contributed by atoms with Crippen molar-refractivity contribution < 1.29 is 14.2 Å². The van der Waals surface area contributed by atoms with Crippen molar-refractivity contribution in [3.05, 3.63) is 35.4 Å². The van der Waals surface area contributed by atoms with Crippen LogP contribution in [0.2, 0.25) is 0 Å². The molecule has 0 bridgehead atoms. The van der Waals surface area contributed by atoms with Gasteiger partial charge in [-0.05, 0) is 58.6 Å². The second-order valence-electron chi connectivity index (χ2n) is 6.75. The summed E-state index contributed by atoms with van der Waals surface area (Å²) in [5.74, 6) is 1.88. The molecule has 0 amide bonds. The highest BCUT2D eigenvalue weighted by atomic mass is 16.5. The molecular weight excluding hydrogens is 288 g/mol. The topological polar surface area (TPSA) is 27.7 Å². The van der Waals surface area contributed by atoms with Crippen molar-refractivity contribution in [3.8, 4) is 11.5 Å². The Balaban J connectivity index is 1.69. The van der Waals surface area contributed by atoms with Crippen molar-refractivity contribution in [1.82, 2.24) is 0 Å². The minimum Gasteiger partial charge on any atom is -0.493 e. The molecule has 1 heterocycles. The van der Waals surface area contributed by atoms with Crippen molar-refractivity contribution in [2.45, 2.75) is 59.0 Å². The predicted octanol–water partition coefficient (Wildman–Crippen LogP) is 4.93. The summed E-state index contributed by atoms with van der Waals surface area (Å²) in [6.45, 7) is 10.8. The third-order valence-electron chi connectivity index (χ3n) is 4.20. The van der Waals surface area contributed by atoms with Crippen molar-refractivity contribution >= 4 is 0 Å². The summed E-state index contributed by atoms with van der Waals surface area (Å²) < 4.78 is 17.1. The minimum atomic E-state index is -0.0369. The molecule has 0 saturated carbocycles. The number of fused-ring (bicyclic) bond motifs is 1. The predicted molar refractivity (Wildman–Crippen MR) is 94.4 cm³/mol. The van der Waals surface area contributed by atoms with E-state index >= 15 is 0 Å². The van der Waals surface area contributed by atoms with Gasteiger partial charge in [-0.15, -0.1) is 0 Å². The smallest absolute Gasteiger partial charge is 0.126 e. The first-order valence-electron chi connectivity index (χ1n) is 8.68. The van der Waals surface area contributed by atoms with Crippen LogP contribution in [0.5, 0.6) is 11.5 Å². The first-order chi connectivity index (χ1) is 11.0. The summed E-state index contributed by atoms with van der Waals surface area (Å²) in [4.78, 5) is 0. The molecule has 0 aromatic heterocycles. The fourth-order valence-electron chi connectivity index (χ4n) is 2.78. The quantitative estimate of drug-likeness (QED) is 0.477. The van der Waals surface area contributed by atoms with Gasteiger partial charge in [0.05, 0.1) is 18.8 Å². The number of ether oxygens (including phenoxy) is 3. The van der Waals surface area contributed by atoms with E-state index in [2.05, 4.69) is 32.9 Å². The molecule has 0 unspecified atom stereocenters. The molecule has 1 aliphatic heterocycles. The van der Waals surface area contributed by atoms with Gasteiger partial charge >= 0.3 is 0 Å². The number of benzene rings is 1. The molecule has 0 saturated heterocycles. The minimum absolute atomic E-state index is 0.0369. The van der Waals surface area contributed by atoms with Crippen LogP contribution < -0.4 is 9.47 Å². The fraction of sp³-hybridized carbons (Fsp3) is 0.600. The van der Waals surface area contributed by atoms with E-state index in [9.17, 15) is 0 Å². The summed E-state index contributed by atoms with van der Waals surface area (Å²) in [7, 11) is 0. The van der Waals surface area contributed by atoms with Gasteiger partial charge < -0.3 is 14.2 Å². The maximum absolute atomic E-state index is 5.82. The lowest BCUT2D eigenvalue weighted by Crippen LogP contribution is -2.24. The zero-order valence-corrected chi connectivity index (χ0v) is 15.0. The number of rotatable bonds is 9. The standard InChI is InChI=1S/C20H30O3/c1-5-23-20(3,4)12-10-16(2)7-6-13-21-18-9-8-17-11-14-22-19(17)15-18/h7-9,15H,5-6,10-14H2,1-4H3/b16-7+. The molecule has 1 aromatic rings. The van der Waals surface area contributed by atoms with E-state index < -0.39 is 0 Å². The lowest BCUT2D eigenvalue weighted by molar-refractivity contribution is -0.0158. The first kappa shape index (κ1) is 17.9. The molecule has 1 aliphatic rings. The van der Waals surface area contributed by atoms with E-state index in [1.807, 2.05) is 19.1 Å². The lowest BCUT2D eigenvalue weighted by Gasteiger charge is -2.24. The highest BCUT2D eigenvalue weighted by Crippen LogP contribution is 2.29. The van der Waals surface area contributed by atoms with Crippen LogP contribution in [0.25, 0.3) is 0 Å². The van der Waals surface area contributed by atoms with Gasteiger partial charge in [0, 0.05) is 19.1 Å². The van der Waals surface area contributed by atoms with Gasteiger partial charge in [-0.3, -0.25) is 0 Å². The van der Waals surface area contributed by atoms with Crippen LogP contribution >= 0.6 is 0 Å². The van der Waals surface area contributed by atoms with Gasteiger partial charge in [-0.2, -0.15) is 0 Å². The lowest BCUT2D eigenvalue weighted by atomic mass is 9.99. The van der Waals surface area contributed by atoms with Gasteiger partial charge in [-0.25, -0.2) is 0 Å². The normalized spacial score (nSPS) is 14.5. The molecule has 0 radical (unpaired) electrons. The molecular formula is C20H30O3. The zero-order chi connectivity index (χ0) is 16.7. The monoisotopic (exact) mass is 318 g/mol. The maximum atomic E-state index is 5.82. The largest absolute Gasteiger partial charge is 0.493 e. The molecule has 3 heteroatoms. The first-order valence-corrected chi connectivity index (χ1v) is 8.68. The molecule has 23 heavy (non-hydrogen) atoms. The molecule has 128 valence electrons. The Kier molecular flexibility index (Phi) is 6.52. The van der Waals surface area contributed by atoms with E-state index in [4.69, 9.17) is 14.2 Å². The van der Waals surface area contributed by atoms with Crippen LogP contribution in [0, 0.1) is 0 Å². The van der Waals surface area contributed by atoms with E-state index in [-0.39, 0.29) is 5.60 Å². The Labute approximate surface area is 140 Å². The highest BCUT2D eigenvalue weighted by molar-refractivity contribution is 5.42. The molecule has 1 aromatic carbocycles. The van der Waals surface area contributed by atoms with Crippen LogP contribution in [0.1, 0.15) is 52.5 Å². The van der Waals surface area contributed by atoms with Gasteiger partial charge in [0.25, 0.3) is 0 Å². The Morgan fingerprint density at radius 2 is 2.17 bits per heavy atom. The van der Waals surface area contributed by atoms with Crippen molar-refractivity contribution in [2.75, 3.05) is 19.8 Å². The van der Waals surface area contributed by atoms with Crippen LogP contribution in [0.3, 0.4) is 0 Å². The van der Waals surface area contributed by atoms with Crippen LogP contribution in [-0.4, -0.2) is 25.4 Å². The number of hydrogen-bond donors (Lipinski definition) is 0. The Morgan fingerprint density at radius 1 is 1.35 bits per heavy atom. The maximum Gasteiger partial charge on any atom is 0.126 e. The third-order valence-corrected chi connectivity index (χ3v) is 4.20. The highest BCUT2D eigenvalue weighted by Gasteiger charge is 2.16. The molecule has 0 fully saturated rings. The molecule has 0 aliphatic carbocycles. The average molecular weight is 318 g/mol. The Bertz CT molecular complexity index is 532. The van der Waals surface area contributed by atoms with Crippen LogP contribution in [0.15, 0.2) is 29.8 Å². The fourth-order valence-corrected chi connectivity index (χ4v) is 2.78. The van der Waals surface area contributed by atoms with Gasteiger partial charge in [0.2, 0.25) is 0 Å². The van der Waals surface area contributed by atoms with Crippen LogP contribution in [-0.2, 0) is 11.2 Å². The average Bonchev–Trinajstić information content (AvgIpc) is 2.97. The van der Waals surface area contributed by atoms with Gasteiger partial charge in [-0.1, -0.05) is 17.7 Å². The Morgan fingerprint density at radius 3 is 2.96 bits per heavy atom. The molecule has 0 N–H and O–H groups in total. The van der Waals surface area contributed by atoms with E-state index in [1.54, 1.807) is 0 Å². The molecule has 2 rings (SSSR count). The van der Waals surface area contributed by atoms with Crippen molar-refractivity contribution in [1.29, 1.82) is 0 Å². The number of allylic oxidation sites excluding steroid dienone is 1. The van der Waals surface area contributed by atoms with Crippen molar-refractivity contribution in [2.24, 2.45) is 0 Å². The van der Waals surface area contributed by atoms with E-state index in [0.717, 1.165) is 50.4 Å². The second kappa shape index (κ2) is 8.39. The van der Waals surface area contributed by atoms with Gasteiger partial charge in [0.15, 0.2) is 0 Å². The van der Waals surface area contributed by atoms with E-state index in [1.165, 1.54) is 11.1 Å². The van der Waals surface area contributed by atoms with Gasteiger partial charge in [0.1, 0.15) is 11.5 Å². The summed E-state index contributed by atoms with van der Waals surface area (Å²) >= 11 is 0. The van der Waals surface area contributed by atoms with E-state index in [0.29, 0.717) is 6.61 Å². The SMILES string of the molecule is CCOC(C)(C)CC/C(C)=C/CCOc1ccc2c(c1)OCC2. The number of hydrogen-bond acceptors (Lipinski definition) is 3. The molecule has 0 spiro atoms. The third kappa shape index (κ3) is 5.91. The summed E-state index contributed by atoms with van der Waals surface area (Å²) in [5.41, 5.74) is 2.65.